The fourth-order valence-electron chi connectivity index (χ4n) is 3.86. The predicted molar refractivity (Wildman–Crippen MR) is 128 cm³/mol. The monoisotopic (exact) mass is 454 g/mol. The van der Waals surface area contributed by atoms with Gasteiger partial charge in [0.05, 0.1) is 6.20 Å². The van der Waals surface area contributed by atoms with Gasteiger partial charge in [-0.15, -0.1) is 0 Å². The number of hydrogen-bond acceptors (Lipinski definition) is 7. The smallest absolute Gasteiger partial charge is 0.410 e. The van der Waals surface area contributed by atoms with Gasteiger partial charge in [-0.25, -0.2) is 4.79 Å². The van der Waals surface area contributed by atoms with Crippen LogP contribution >= 0.6 is 0 Å². The van der Waals surface area contributed by atoms with Crippen molar-refractivity contribution < 1.29 is 14.6 Å². The van der Waals surface area contributed by atoms with Crippen molar-refractivity contribution in [2.24, 2.45) is 23.1 Å². The first-order valence-electron chi connectivity index (χ1n) is 11.0. The minimum Gasteiger partial charge on any atom is -0.507 e. The Hall–Kier alpha value is -3.62. The Morgan fingerprint density at radius 3 is 2.67 bits per heavy atom. The lowest BCUT2D eigenvalue weighted by Crippen LogP contribution is -2.43. The van der Waals surface area contributed by atoms with Crippen LogP contribution in [0.5, 0.6) is 5.75 Å². The minimum atomic E-state index is -0.516. The molecule has 1 unspecified atom stereocenters. The number of likely N-dealkylation sites (tertiary alicyclic amines) is 1. The zero-order chi connectivity index (χ0) is 24.2. The molecule has 1 amide bonds. The zero-order valence-electron chi connectivity index (χ0n) is 19.5. The van der Waals surface area contributed by atoms with Crippen molar-refractivity contribution in [3.63, 3.8) is 0 Å². The van der Waals surface area contributed by atoms with E-state index in [1.54, 1.807) is 41.4 Å². The second-order valence-corrected chi connectivity index (χ2v) is 9.37. The summed E-state index contributed by atoms with van der Waals surface area (Å²) >= 11 is 0. The molecule has 7 N–H and O–H groups in total. The number of piperidine rings is 1. The number of carbonyl (C=O) groups excluding carboxylic acids is 1. The number of rotatable bonds is 5. The van der Waals surface area contributed by atoms with Gasteiger partial charge in [-0.1, -0.05) is 12.1 Å². The number of aromatic nitrogens is 2. The Balaban J connectivity index is 1.71. The van der Waals surface area contributed by atoms with Crippen LogP contribution in [-0.4, -0.2) is 44.6 Å². The first kappa shape index (κ1) is 24.0. The number of para-hydroxylation sites is 1. The van der Waals surface area contributed by atoms with Gasteiger partial charge in [-0.3, -0.25) is 4.68 Å². The Bertz CT molecular complexity index is 1050. The number of phenolic OH excluding ortho intramolecular Hbond substituents is 1. The third kappa shape index (κ3) is 6.44. The number of carbonyl (C=O) groups is 1. The van der Waals surface area contributed by atoms with Gasteiger partial charge in [-0.05, 0) is 57.7 Å². The van der Waals surface area contributed by atoms with Crippen LogP contribution in [0.1, 0.15) is 44.7 Å². The van der Waals surface area contributed by atoms with E-state index in [9.17, 15) is 9.90 Å². The molecular formula is C24H34N6O3. The van der Waals surface area contributed by atoms with E-state index in [0.29, 0.717) is 42.0 Å². The maximum Gasteiger partial charge on any atom is 0.410 e. The van der Waals surface area contributed by atoms with Gasteiger partial charge in [0, 0.05) is 48.2 Å². The van der Waals surface area contributed by atoms with Crippen LogP contribution in [-0.2, 0) is 11.3 Å². The molecule has 0 spiro atoms. The van der Waals surface area contributed by atoms with E-state index >= 15 is 0 Å². The quantitative estimate of drug-likeness (QED) is 0.508. The molecular weight excluding hydrogens is 420 g/mol. The minimum absolute atomic E-state index is 0.0729. The van der Waals surface area contributed by atoms with Crippen LogP contribution in [0, 0.1) is 5.92 Å². The van der Waals surface area contributed by atoms with E-state index < -0.39 is 5.60 Å². The lowest BCUT2D eigenvalue weighted by molar-refractivity contribution is 0.0155. The van der Waals surface area contributed by atoms with Crippen molar-refractivity contribution >= 4 is 17.4 Å². The van der Waals surface area contributed by atoms with Gasteiger partial charge in [0.15, 0.2) is 0 Å². The number of ether oxygens (including phenoxy) is 1. The van der Waals surface area contributed by atoms with Crippen LogP contribution in [0.3, 0.4) is 0 Å². The maximum absolute atomic E-state index is 12.4. The summed E-state index contributed by atoms with van der Waals surface area (Å²) in [4.78, 5) is 14.2. The van der Waals surface area contributed by atoms with Gasteiger partial charge in [0.2, 0.25) is 0 Å². The molecule has 0 radical (unpaired) electrons. The number of benzene rings is 1. The summed E-state index contributed by atoms with van der Waals surface area (Å²) < 4.78 is 7.34. The standard InChI is InChI=1S/C24H34N6O3/c1-24(2,3)33-23(32)29-10-6-7-16(13-29)14-30-15-17(12-28-30)19(22(26)27)11-20(25)18-8-4-5-9-21(18)31/h4-5,8-9,11-12,15-16,31H,6-7,10,13-14,25-27H2,1-3H3/b20-11-. The highest BCUT2D eigenvalue weighted by Gasteiger charge is 2.28. The first-order valence-corrected chi connectivity index (χ1v) is 11.0. The summed E-state index contributed by atoms with van der Waals surface area (Å²) in [5, 5.41) is 14.5. The van der Waals surface area contributed by atoms with Crippen LogP contribution in [0.15, 0.2) is 48.6 Å². The molecule has 2 heterocycles. The van der Waals surface area contributed by atoms with Gasteiger partial charge in [0.25, 0.3) is 0 Å². The molecule has 3 rings (SSSR count). The fourth-order valence-corrected chi connectivity index (χ4v) is 3.86. The van der Waals surface area contributed by atoms with Crippen LogP contribution in [0.25, 0.3) is 11.3 Å². The zero-order valence-corrected chi connectivity index (χ0v) is 19.5. The summed E-state index contributed by atoms with van der Waals surface area (Å²) in [6.07, 6.45) is 6.80. The SMILES string of the molecule is CC(C)(C)OC(=O)N1CCCC(Cn2cc(C(/C=C(\N)c3ccccc3O)=C(N)N)cn2)C1. The lowest BCUT2D eigenvalue weighted by Gasteiger charge is -2.34. The number of aromatic hydroxyl groups is 1. The Labute approximate surface area is 194 Å². The molecule has 0 bridgehead atoms. The largest absolute Gasteiger partial charge is 0.507 e. The molecule has 1 aromatic carbocycles. The van der Waals surface area contributed by atoms with Crippen LogP contribution in [0.2, 0.25) is 0 Å². The highest BCUT2D eigenvalue weighted by molar-refractivity contribution is 5.84. The van der Waals surface area contributed by atoms with Crippen molar-refractivity contribution in [3.8, 4) is 5.75 Å². The summed E-state index contributed by atoms with van der Waals surface area (Å²) in [5.41, 5.74) is 19.6. The number of hydrogen-bond donors (Lipinski definition) is 4. The average molecular weight is 455 g/mol. The molecule has 0 saturated carbocycles. The van der Waals surface area contributed by atoms with E-state index in [0.717, 1.165) is 12.8 Å². The summed E-state index contributed by atoms with van der Waals surface area (Å²) in [6, 6.07) is 6.79. The van der Waals surface area contributed by atoms with Gasteiger partial charge in [0.1, 0.15) is 17.2 Å². The van der Waals surface area contributed by atoms with E-state index in [2.05, 4.69) is 5.10 Å². The van der Waals surface area contributed by atoms with Crippen molar-refractivity contribution in [1.29, 1.82) is 0 Å². The topological polar surface area (TPSA) is 146 Å². The average Bonchev–Trinajstić information content (AvgIpc) is 3.19. The number of nitrogens with zero attached hydrogens (tertiary/aromatic N) is 3. The number of nitrogens with two attached hydrogens (primary N) is 3. The summed E-state index contributed by atoms with van der Waals surface area (Å²) in [5.74, 6) is 0.425. The van der Waals surface area contributed by atoms with Crippen molar-refractivity contribution in [3.05, 3.63) is 59.7 Å². The number of phenols is 1. The van der Waals surface area contributed by atoms with Gasteiger partial charge in [-0.2, -0.15) is 5.10 Å². The van der Waals surface area contributed by atoms with E-state index in [1.165, 1.54) is 0 Å². The number of allylic oxidation sites excluding steroid dienone is 2. The maximum atomic E-state index is 12.4. The van der Waals surface area contributed by atoms with Gasteiger partial charge >= 0.3 is 6.09 Å². The molecule has 0 aliphatic carbocycles. The third-order valence-electron chi connectivity index (χ3n) is 5.39. The molecule has 1 aliphatic heterocycles. The predicted octanol–water partition coefficient (Wildman–Crippen LogP) is 2.82. The Kier molecular flexibility index (Phi) is 7.20. The van der Waals surface area contributed by atoms with Crippen molar-refractivity contribution in [1.82, 2.24) is 14.7 Å². The van der Waals surface area contributed by atoms with E-state index in [1.807, 2.05) is 31.6 Å². The molecule has 1 saturated heterocycles. The Morgan fingerprint density at radius 1 is 1.27 bits per heavy atom. The molecule has 33 heavy (non-hydrogen) atoms. The molecule has 1 aromatic heterocycles. The summed E-state index contributed by atoms with van der Waals surface area (Å²) in [7, 11) is 0. The third-order valence-corrected chi connectivity index (χ3v) is 5.39. The number of amides is 1. The van der Waals surface area contributed by atoms with Gasteiger partial charge < -0.3 is 31.9 Å². The molecule has 178 valence electrons. The fraction of sp³-hybridized carbons (Fsp3) is 0.417. The highest BCUT2D eigenvalue weighted by atomic mass is 16.6. The second-order valence-electron chi connectivity index (χ2n) is 9.37. The van der Waals surface area contributed by atoms with Crippen molar-refractivity contribution in [2.75, 3.05) is 13.1 Å². The second kappa shape index (κ2) is 9.89. The van der Waals surface area contributed by atoms with E-state index in [4.69, 9.17) is 21.9 Å². The molecule has 2 aromatic rings. The summed E-state index contributed by atoms with van der Waals surface area (Å²) in [6.45, 7) is 7.56. The molecule has 9 nitrogen and oxygen atoms in total. The molecule has 1 atom stereocenters. The first-order chi connectivity index (χ1) is 15.5. The molecule has 1 aliphatic rings. The van der Waals surface area contributed by atoms with Crippen LogP contribution in [0.4, 0.5) is 4.79 Å². The molecule has 1 fully saturated rings. The normalized spacial score (nSPS) is 17.0. The van der Waals surface area contributed by atoms with Crippen molar-refractivity contribution in [2.45, 2.75) is 45.8 Å². The Morgan fingerprint density at radius 2 is 2.00 bits per heavy atom. The van der Waals surface area contributed by atoms with E-state index in [-0.39, 0.29) is 23.6 Å². The molecule has 9 heteroatoms. The lowest BCUT2D eigenvalue weighted by atomic mass is 9.98. The van der Waals surface area contributed by atoms with Crippen LogP contribution < -0.4 is 17.2 Å². The highest BCUT2D eigenvalue weighted by Crippen LogP contribution is 2.26.